The van der Waals surface area contributed by atoms with Gasteiger partial charge in [0.05, 0.1) is 5.69 Å². The second-order valence-electron chi connectivity index (χ2n) is 5.42. The minimum absolute atomic E-state index is 0.259. The van der Waals surface area contributed by atoms with Gasteiger partial charge in [0.25, 0.3) is 0 Å². The first-order valence-electron chi connectivity index (χ1n) is 7.57. The van der Waals surface area contributed by atoms with Crippen molar-refractivity contribution in [3.63, 3.8) is 0 Å². The Balaban J connectivity index is 2.27. The molecule has 0 saturated carbocycles. The highest BCUT2D eigenvalue weighted by Gasteiger charge is 2.15. The predicted molar refractivity (Wildman–Crippen MR) is 88.9 cm³/mol. The van der Waals surface area contributed by atoms with Crippen LogP contribution in [0.15, 0.2) is 24.3 Å². The smallest absolute Gasteiger partial charge is 0.0596 e. The van der Waals surface area contributed by atoms with Crippen LogP contribution in [-0.4, -0.2) is 16.3 Å². The van der Waals surface area contributed by atoms with E-state index < -0.39 is 0 Å². The van der Waals surface area contributed by atoms with Gasteiger partial charge in [0.15, 0.2) is 0 Å². The van der Waals surface area contributed by atoms with Crippen molar-refractivity contribution in [2.75, 3.05) is 6.54 Å². The summed E-state index contributed by atoms with van der Waals surface area (Å²) >= 11 is 6.28. The molecule has 0 fully saturated rings. The van der Waals surface area contributed by atoms with E-state index in [0.717, 1.165) is 35.8 Å². The maximum absolute atomic E-state index is 6.28. The summed E-state index contributed by atoms with van der Waals surface area (Å²) in [4.78, 5) is 0. The molecule has 2 rings (SSSR count). The van der Waals surface area contributed by atoms with Crippen molar-refractivity contribution in [2.24, 2.45) is 0 Å². The molecular weight excluding hydrogens is 282 g/mol. The molecule has 0 saturated heterocycles. The summed E-state index contributed by atoms with van der Waals surface area (Å²) < 4.78 is 2.08. The number of nitrogens with one attached hydrogen (secondary N) is 1. The number of rotatable bonds is 6. The maximum atomic E-state index is 6.28. The molecule has 0 radical (unpaired) electrons. The van der Waals surface area contributed by atoms with Gasteiger partial charge in [-0.25, -0.2) is 0 Å². The molecular formula is C17H24ClN3. The molecule has 1 N–H and O–H groups in total. The normalized spacial score (nSPS) is 12.6. The zero-order valence-electron chi connectivity index (χ0n) is 13.3. The van der Waals surface area contributed by atoms with Crippen molar-refractivity contribution in [3.05, 3.63) is 51.8 Å². The zero-order chi connectivity index (χ0) is 15.4. The lowest BCUT2D eigenvalue weighted by Crippen LogP contribution is -2.24. The van der Waals surface area contributed by atoms with Gasteiger partial charge >= 0.3 is 0 Å². The van der Waals surface area contributed by atoms with Crippen molar-refractivity contribution >= 4 is 11.6 Å². The molecule has 0 spiro atoms. The van der Waals surface area contributed by atoms with E-state index >= 15 is 0 Å². The van der Waals surface area contributed by atoms with E-state index in [0.29, 0.717) is 0 Å². The van der Waals surface area contributed by atoms with Crippen molar-refractivity contribution in [1.82, 2.24) is 15.1 Å². The van der Waals surface area contributed by atoms with Crippen LogP contribution in [0.25, 0.3) is 0 Å². The van der Waals surface area contributed by atoms with E-state index in [1.165, 1.54) is 11.3 Å². The van der Waals surface area contributed by atoms with Gasteiger partial charge in [-0.3, -0.25) is 4.68 Å². The number of aryl methyl sites for hydroxylation is 3. The first kappa shape index (κ1) is 16.1. The number of halogens is 1. The van der Waals surface area contributed by atoms with Gasteiger partial charge in [0.2, 0.25) is 0 Å². The molecule has 3 nitrogen and oxygen atoms in total. The highest BCUT2D eigenvalue weighted by molar-refractivity contribution is 6.31. The average Bonchev–Trinajstić information content (AvgIpc) is 2.81. The molecule has 1 unspecified atom stereocenters. The van der Waals surface area contributed by atoms with Crippen LogP contribution in [-0.2, 0) is 13.0 Å². The highest BCUT2D eigenvalue weighted by Crippen LogP contribution is 2.24. The van der Waals surface area contributed by atoms with Crippen LogP contribution in [0.3, 0.4) is 0 Å². The third-order valence-electron chi connectivity index (χ3n) is 3.75. The summed E-state index contributed by atoms with van der Waals surface area (Å²) in [7, 11) is 0. The first-order chi connectivity index (χ1) is 10.0. The Hall–Kier alpha value is -1.32. The summed E-state index contributed by atoms with van der Waals surface area (Å²) in [6, 6.07) is 8.75. The first-order valence-corrected chi connectivity index (χ1v) is 7.95. The minimum Gasteiger partial charge on any atom is -0.310 e. The molecule has 1 heterocycles. The molecule has 1 atom stereocenters. The fourth-order valence-electron chi connectivity index (χ4n) is 2.63. The number of benzene rings is 1. The standard InChI is InChI=1S/C17H24ClN3/c1-5-19-17(14-8-7-12(3)16(18)10-14)11-15-9-13(4)20-21(15)6-2/h7-10,17,19H,5-6,11H2,1-4H3. The van der Waals surface area contributed by atoms with E-state index in [-0.39, 0.29) is 6.04 Å². The molecule has 0 bridgehead atoms. The lowest BCUT2D eigenvalue weighted by Gasteiger charge is -2.19. The fourth-order valence-corrected chi connectivity index (χ4v) is 2.82. The second kappa shape index (κ2) is 7.10. The Labute approximate surface area is 132 Å². The van der Waals surface area contributed by atoms with Crippen molar-refractivity contribution in [2.45, 2.75) is 46.7 Å². The number of hydrogen-bond donors (Lipinski definition) is 1. The van der Waals surface area contributed by atoms with E-state index in [9.17, 15) is 0 Å². The largest absolute Gasteiger partial charge is 0.310 e. The fraction of sp³-hybridized carbons (Fsp3) is 0.471. The van der Waals surface area contributed by atoms with Crippen LogP contribution < -0.4 is 5.32 Å². The Bertz CT molecular complexity index is 604. The molecule has 2 aromatic rings. The lowest BCUT2D eigenvalue weighted by atomic mass is 10.0. The molecule has 114 valence electrons. The van der Waals surface area contributed by atoms with Crippen LogP contribution >= 0.6 is 11.6 Å². The molecule has 4 heteroatoms. The molecule has 0 aliphatic heterocycles. The lowest BCUT2D eigenvalue weighted by molar-refractivity contribution is 0.516. The van der Waals surface area contributed by atoms with Crippen LogP contribution in [0.1, 0.15) is 42.4 Å². The number of likely N-dealkylation sites (N-methyl/N-ethyl adjacent to an activating group) is 1. The third-order valence-corrected chi connectivity index (χ3v) is 4.15. The Morgan fingerprint density at radius 3 is 2.62 bits per heavy atom. The Morgan fingerprint density at radius 1 is 1.24 bits per heavy atom. The van der Waals surface area contributed by atoms with Gasteiger partial charge in [-0.2, -0.15) is 5.10 Å². The topological polar surface area (TPSA) is 29.9 Å². The van der Waals surface area contributed by atoms with Gasteiger partial charge in [-0.1, -0.05) is 30.7 Å². The summed E-state index contributed by atoms with van der Waals surface area (Å²) in [5.41, 5.74) is 4.68. The van der Waals surface area contributed by atoms with Gasteiger partial charge in [0, 0.05) is 29.7 Å². The maximum Gasteiger partial charge on any atom is 0.0596 e. The van der Waals surface area contributed by atoms with Gasteiger partial charge in [0.1, 0.15) is 0 Å². The van der Waals surface area contributed by atoms with Crippen LogP contribution in [0.2, 0.25) is 5.02 Å². The van der Waals surface area contributed by atoms with Crippen LogP contribution in [0.5, 0.6) is 0 Å². The number of hydrogen-bond acceptors (Lipinski definition) is 2. The third kappa shape index (κ3) is 3.86. The average molecular weight is 306 g/mol. The summed E-state index contributed by atoms with van der Waals surface area (Å²) in [5, 5.41) is 8.91. The summed E-state index contributed by atoms with van der Waals surface area (Å²) in [5.74, 6) is 0. The molecule has 21 heavy (non-hydrogen) atoms. The molecule has 0 amide bonds. The van der Waals surface area contributed by atoms with Crippen LogP contribution in [0.4, 0.5) is 0 Å². The monoisotopic (exact) mass is 305 g/mol. The zero-order valence-corrected chi connectivity index (χ0v) is 14.0. The summed E-state index contributed by atoms with van der Waals surface area (Å²) in [6.07, 6.45) is 0.919. The van der Waals surface area contributed by atoms with Crippen molar-refractivity contribution in [3.8, 4) is 0 Å². The predicted octanol–water partition coefficient (Wildman–Crippen LogP) is 4.07. The SMILES string of the molecule is CCNC(Cc1cc(C)nn1CC)c1ccc(C)c(Cl)c1. The molecule has 0 aliphatic rings. The number of nitrogens with zero attached hydrogens (tertiary/aromatic N) is 2. The van der Waals surface area contributed by atoms with E-state index in [4.69, 9.17) is 11.6 Å². The minimum atomic E-state index is 0.259. The van der Waals surface area contributed by atoms with Gasteiger partial charge in [-0.05, 0) is 50.6 Å². The molecule has 0 aliphatic carbocycles. The van der Waals surface area contributed by atoms with E-state index in [1.54, 1.807) is 0 Å². The van der Waals surface area contributed by atoms with Gasteiger partial charge in [-0.15, -0.1) is 0 Å². The molecule has 1 aromatic carbocycles. The Morgan fingerprint density at radius 2 is 2.00 bits per heavy atom. The quantitative estimate of drug-likeness (QED) is 0.872. The van der Waals surface area contributed by atoms with Gasteiger partial charge < -0.3 is 5.32 Å². The van der Waals surface area contributed by atoms with Crippen molar-refractivity contribution < 1.29 is 0 Å². The Kier molecular flexibility index (Phi) is 5.43. The molecule has 1 aromatic heterocycles. The highest BCUT2D eigenvalue weighted by atomic mass is 35.5. The van der Waals surface area contributed by atoms with E-state index in [2.05, 4.69) is 53.2 Å². The van der Waals surface area contributed by atoms with Crippen molar-refractivity contribution in [1.29, 1.82) is 0 Å². The van der Waals surface area contributed by atoms with Crippen LogP contribution in [0, 0.1) is 13.8 Å². The summed E-state index contributed by atoms with van der Waals surface area (Å²) in [6.45, 7) is 10.2. The van der Waals surface area contributed by atoms with E-state index in [1.807, 2.05) is 13.8 Å². The second-order valence-corrected chi connectivity index (χ2v) is 5.82. The number of aromatic nitrogens is 2.